The fourth-order valence-electron chi connectivity index (χ4n) is 2.21. The molecule has 1 aromatic carbocycles. The zero-order valence-electron chi connectivity index (χ0n) is 11.2. The molecule has 2 rings (SSSR count). The third kappa shape index (κ3) is 2.12. The fraction of sp³-hybridized carbons (Fsp3) is 0.500. The molecule has 0 fully saturated rings. The lowest BCUT2D eigenvalue weighted by Gasteiger charge is -2.27. The van der Waals surface area contributed by atoms with Gasteiger partial charge in [-0.25, -0.2) is 4.39 Å². The van der Waals surface area contributed by atoms with Gasteiger partial charge in [-0.1, -0.05) is 32.0 Å². The molecule has 0 aliphatic carbocycles. The minimum Gasteiger partial charge on any atom is -0.328 e. The summed E-state index contributed by atoms with van der Waals surface area (Å²) >= 11 is 0. The Kier molecular flexibility index (Phi) is 3.39. The predicted octanol–water partition coefficient (Wildman–Crippen LogP) is 2.44. The molecule has 1 heterocycles. The first-order chi connectivity index (χ1) is 8.48. The van der Waals surface area contributed by atoms with Crippen LogP contribution in [0.5, 0.6) is 0 Å². The van der Waals surface area contributed by atoms with Crippen LogP contribution < -0.4 is 5.73 Å². The molecule has 0 amide bonds. The van der Waals surface area contributed by atoms with E-state index in [1.165, 1.54) is 0 Å². The second kappa shape index (κ2) is 4.69. The first kappa shape index (κ1) is 13.0. The van der Waals surface area contributed by atoms with E-state index < -0.39 is 5.67 Å². The summed E-state index contributed by atoms with van der Waals surface area (Å²) in [7, 11) is 1.88. The van der Waals surface area contributed by atoms with E-state index in [1.54, 1.807) is 4.68 Å². The average Bonchev–Trinajstić information content (AvgIpc) is 2.66. The summed E-state index contributed by atoms with van der Waals surface area (Å²) in [6, 6.07) is 7.88. The summed E-state index contributed by atoms with van der Waals surface area (Å²) in [4.78, 5) is 0. The maximum Gasteiger partial charge on any atom is 0.131 e. The number of aryl methyl sites for hydroxylation is 1. The number of benzene rings is 1. The predicted molar refractivity (Wildman–Crippen MR) is 72.1 cm³/mol. The number of rotatable bonds is 4. The molecule has 0 aliphatic heterocycles. The fourth-order valence-corrected chi connectivity index (χ4v) is 2.21. The molecule has 3 nitrogen and oxygen atoms in total. The Bertz CT molecular complexity index is 547. The molecule has 4 heteroatoms. The van der Waals surface area contributed by atoms with Gasteiger partial charge in [0.1, 0.15) is 5.67 Å². The van der Waals surface area contributed by atoms with Crippen LogP contribution in [0.25, 0.3) is 10.9 Å². The van der Waals surface area contributed by atoms with E-state index in [-0.39, 0.29) is 18.9 Å². The Morgan fingerprint density at radius 2 is 2.06 bits per heavy atom. The summed E-state index contributed by atoms with van der Waals surface area (Å²) in [6.07, 6.45) is 0.266. The largest absolute Gasteiger partial charge is 0.328 e. The second-order valence-electron chi connectivity index (χ2n) is 5.16. The van der Waals surface area contributed by atoms with E-state index in [9.17, 15) is 4.39 Å². The number of halogens is 1. The maximum absolute atomic E-state index is 14.7. The maximum atomic E-state index is 14.7. The highest BCUT2D eigenvalue weighted by Crippen LogP contribution is 2.28. The Hall–Kier alpha value is -1.42. The van der Waals surface area contributed by atoms with Crippen LogP contribution in [-0.4, -0.2) is 22.0 Å². The van der Waals surface area contributed by atoms with Crippen molar-refractivity contribution in [3.8, 4) is 0 Å². The first-order valence-corrected chi connectivity index (χ1v) is 6.27. The lowest BCUT2D eigenvalue weighted by Crippen LogP contribution is -2.40. The summed E-state index contributed by atoms with van der Waals surface area (Å²) in [5.74, 6) is -0.122. The number of aromatic nitrogens is 2. The molecule has 0 radical (unpaired) electrons. The molecule has 98 valence electrons. The number of fused-ring (bicyclic) bond motifs is 1. The van der Waals surface area contributed by atoms with Gasteiger partial charge in [-0.05, 0) is 12.0 Å². The summed E-state index contributed by atoms with van der Waals surface area (Å²) in [5.41, 5.74) is 6.02. The summed E-state index contributed by atoms with van der Waals surface area (Å²) in [6.45, 7) is 3.74. The Balaban J connectivity index is 2.43. The molecule has 0 saturated heterocycles. The molecule has 1 aromatic heterocycles. The smallest absolute Gasteiger partial charge is 0.131 e. The van der Waals surface area contributed by atoms with Crippen LogP contribution in [0, 0.1) is 5.92 Å². The lowest BCUT2D eigenvalue weighted by atomic mass is 9.87. The molecular formula is C14H20FN3. The van der Waals surface area contributed by atoms with Gasteiger partial charge in [0.05, 0.1) is 11.2 Å². The number of para-hydroxylation sites is 1. The van der Waals surface area contributed by atoms with Crippen molar-refractivity contribution in [2.45, 2.75) is 25.9 Å². The van der Waals surface area contributed by atoms with Crippen LogP contribution in [0.4, 0.5) is 4.39 Å². The molecule has 1 unspecified atom stereocenters. The molecule has 0 spiro atoms. The van der Waals surface area contributed by atoms with Crippen LogP contribution in [0.2, 0.25) is 0 Å². The number of hydrogen-bond donors (Lipinski definition) is 1. The van der Waals surface area contributed by atoms with Crippen molar-refractivity contribution in [3.05, 3.63) is 30.0 Å². The Morgan fingerprint density at radius 3 is 2.67 bits per heavy atom. The van der Waals surface area contributed by atoms with Gasteiger partial charge in [0.25, 0.3) is 0 Å². The zero-order valence-corrected chi connectivity index (χ0v) is 11.2. The van der Waals surface area contributed by atoms with E-state index in [2.05, 4.69) is 5.10 Å². The van der Waals surface area contributed by atoms with Crippen LogP contribution >= 0.6 is 0 Å². The monoisotopic (exact) mass is 249 g/mol. The summed E-state index contributed by atoms with van der Waals surface area (Å²) < 4.78 is 16.5. The van der Waals surface area contributed by atoms with Gasteiger partial charge in [0.2, 0.25) is 0 Å². The molecular weight excluding hydrogens is 229 g/mol. The van der Waals surface area contributed by atoms with Crippen molar-refractivity contribution in [2.75, 3.05) is 6.54 Å². The van der Waals surface area contributed by atoms with Crippen molar-refractivity contribution < 1.29 is 4.39 Å². The highest BCUT2D eigenvalue weighted by molar-refractivity contribution is 5.81. The molecule has 18 heavy (non-hydrogen) atoms. The van der Waals surface area contributed by atoms with Crippen LogP contribution in [0.1, 0.15) is 19.5 Å². The number of hydrogen-bond acceptors (Lipinski definition) is 2. The molecule has 0 aliphatic rings. The van der Waals surface area contributed by atoms with Gasteiger partial charge < -0.3 is 5.73 Å². The molecule has 2 N–H and O–H groups in total. The molecule has 0 bridgehead atoms. The van der Waals surface area contributed by atoms with E-state index >= 15 is 0 Å². The summed E-state index contributed by atoms with van der Waals surface area (Å²) in [5, 5.41) is 5.44. The van der Waals surface area contributed by atoms with Crippen molar-refractivity contribution in [1.29, 1.82) is 0 Å². The van der Waals surface area contributed by atoms with Crippen LogP contribution in [0.15, 0.2) is 24.3 Å². The quantitative estimate of drug-likeness (QED) is 0.904. The highest BCUT2D eigenvalue weighted by atomic mass is 19.1. The Labute approximate surface area is 107 Å². The van der Waals surface area contributed by atoms with E-state index in [1.807, 2.05) is 45.2 Å². The first-order valence-electron chi connectivity index (χ1n) is 6.27. The van der Waals surface area contributed by atoms with E-state index in [4.69, 9.17) is 5.73 Å². The molecule has 1 atom stereocenters. The third-order valence-corrected chi connectivity index (χ3v) is 3.67. The van der Waals surface area contributed by atoms with E-state index in [0.717, 1.165) is 16.6 Å². The van der Waals surface area contributed by atoms with Gasteiger partial charge in [-0.15, -0.1) is 0 Å². The third-order valence-electron chi connectivity index (χ3n) is 3.67. The molecule has 0 saturated carbocycles. The standard InChI is InChI=1S/C14H20FN3/c1-10(2)14(15,9-16)8-12-11-6-4-5-7-13(11)18(3)17-12/h4-7,10H,8-9,16H2,1-3H3. The van der Waals surface area contributed by atoms with Gasteiger partial charge in [-0.2, -0.15) is 5.10 Å². The van der Waals surface area contributed by atoms with Gasteiger partial charge in [-0.3, -0.25) is 4.68 Å². The Morgan fingerprint density at radius 1 is 1.39 bits per heavy atom. The van der Waals surface area contributed by atoms with Gasteiger partial charge in [0, 0.05) is 25.4 Å². The van der Waals surface area contributed by atoms with Crippen molar-refractivity contribution >= 4 is 10.9 Å². The van der Waals surface area contributed by atoms with Crippen molar-refractivity contribution in [3.63, 3.8) is 0 Å². The number of nitrogens with two attached hydrogens (primary N) is 1. The normalized spacial score (nSPS) is 15.2. The topological polar surface area (TPSA) is 43.8 Å². The van der Waals surface area contributed by atoms with Crippen LogP contribution in [-0.2, 0) is 13.5 Å². The minimum atomic E-state index is -1.39. The zero-order chi connectivity index (χ0) is 13.3. The van der Waals surface area contributed by atoms with E-state index in [0.29, 0.717) is 0 Å². The second-order valence-corrected chi connectivity index (χ2v) is 5.16. The molecule has 2 aromatic rings. The van der Waals surface area contributed by atoms with Gasteiger partial charge in [0.15, 0.2) is 0 Å². The average molecular weight is 249 g/mol. The lowest BCUT2D eigenvalue weighted by molar-refractivity contribution is 0.109. The highest BCUT2D eigenvalue weighted by Gasteiger charge is 2.34. The van der Waals surface area contributed by atoms with Crippen molar-refractivity contribution in [2.24, 2.45) is 18.7 Å². The van der Waals surface area contributed by atoms with Gasteiger partial charge >= 0.3 is 0 Å². The number of alkyl halides is 1. The van der Waals surface area contributed by atoms with Crippen molar-refractivity contribution in [1.82, 2.24) is 9.78 Å². The van der Waals surface area contributed by atoms with Crippen LogP contribution in [0.3, 0.4) is 0 Å². The minimum absolute atomic E-state index is 0.0234. The SMILES string of the molecule is CC(C)C(F)(CN)Cc1nn(C)c2ccccc12. The number of nitrogens with zero attached hydrogens (tertiary/aromatic N) is 2.